The average Bonchev–Trinajstić information content (AvgIpc) is 3.05. The monoisotopic (exact) mass is 635 g/mol. The molecule has 0 saturated carbocycles. The minimum absolute atomic E-state index is 0.172. The number of esters is 2. The van der Waals surface area contributed by atoms with Crippen molar-refractivity contribution in [2.24, 2.45) is 5.11 Å². The predicted molar refractivity (Wildman–Crippen MR) is 157 cm³/mol. The number of benzene rings is 1. The molecule has 2 aliphatic rings. The Morgan fingerprint density at radius 3 is 2.22 bits per heavy atom. The molecule has 1 N–H and O–H groups in total. The van der Waals surface area contributed by atoms with E-state index < -0.39 is 73.3 Å². The Hall–Kier alpha value is -2.79. The number of ether oxygens (including phenoxy) is 8. The third-order valence-electron chi connectivity index (χ3n) is 7.41. The third-order valence-corrected chi connectivity index (χ3v) is 7.41. The van der Waals surface area contributed by atoms with Gasteiger partial charge in [0, 0.05) is 25.2 Å². The zero-order valence-corrected chi connectivity index (χ0v) is 26.0. The van der Waals surface area contributed by atoms with Crippen LogP contribution < -0.4 is 0 Å². The second kappa shape index (κ2) is 19.0. The highest BCUT2D eigenvalue weighted by atomic mass is 16.8. The molecule has 16 heteroatoms. The summed E-state index contributed by atoms with van der Waals surface area (Å²) in [7, 11) is 7.95. The van der Waals surface area contributed by atoms with Crippen LogP contribution in [0.25, 0.3) is 10.4 Å². The Labute approximate surface area is 263 Å². The predicted octanol–water partition coefficient (Wildman–Crippen LogP) is 2.38. The molecule has 1 aromatic rings. The van der Waals surface area contributed by atoms with Crippen LogP contribution in [-0.2, 0) is 47.3 Å². The van der Waals surface area contributed by atoms with E-state index in [9.17, 15) is 20.2 Å². The largest absolute Gasteiger partial charge is 0.467 e. The minimum atomic E-state index is -1.60. The zero-order valence-electron chi connectivity index (χ0n) is 26.0. The van der Waals surface area contributed by atoms with Crippen molar-refractivity contribution in [3.05, 3.63) is 46.3 Å². The lowest BCUT2D eigenvalue weighted by atomic mass is 9.95. The van der Waals surface area contributed by atoms with E-state index in [0.717, 1.165) is 20.0 Å². The maximum atomic E-state index is 13.3. The molecule has 2 heterocycles. The molecule has 1 aromatic carbocycles. The van der Waals surface area contributed by atoms with Gasteiger partial charge in [-0.25, -0.2) is 9.59 Å². The Morgan fingerprint density at radius 1 is 0.978 bits per heavy atom. The van der Waals surface area contributed by atoms with E-state index in [1.807, 2.05) is 13.8 Å². The van der Waals surface area contributed by atoms with E-state index in [4.69, 9.17) is 50.6 Å². The lowest BCUT2D eigenvalue weighted by molar-refractivity contribution is -0.345. The molecule has 2 radical (unpaired) electrons. The van der Waals surface area contributed by atoms with E-state index in [-0.39, 0.29) is 25.4 Å². The molecule has 0 spiro atoms. The number of unbranched alkanes of at least 4 members (excludes halogenated alkanes) is 2. The van der Waals surface area contributed by atoms with Crippen molar-refractivity contribution >= 4 is 20.0 Å². The minimum Gasteiger partial charge on any atom is -0.467 e. The number of hydrogen-bond acceptors (Lipinski definition) is 13. The van der Waals surface area contributed by atoms with Gasteiger partial charge >= 0.3 is 11.9 Å². The number of carbonyl (C=O) groups excluding carboxylic acids is 2. The highest BCUT2D eigenvalue weighted by molar-refractivity contribution is 5.97. The van der Waals surface area contributed by atoms with E-state index >= 15 is 0 Å². The summed E-state index contributed by atoms with van der Waals surface area (Å²) >= 11 is 0. The van der Waals surface area contributed by atoms with Crippen LogP contribution in [0, 0.1) is 0 Å². The lowest BCUT2D eigenvalue weighted by Crippen LogP contribution is -2.66. The molecule has 6 unspecified atom stereocenters. The van der Waals surface area contributed by atoms with Crippen molar-refractivity contribution in [2.75, 3.05) is 34.0 Å². The highest BCUT2D eigenvalue weighted by Gasteiger charge is 2.55. The van der Waals surface area contributed by atoms with E-state index in [2.05, 4.69) is 10.0 Å². The highest BCUT2D eigenvalue weighted by Crippen LogP contribution is 2.35. The number of nitrogens with zero attached hydrogens (tertiary/aromatic N) is 3. The Bertz CT molecular complexity index is 1100. The van der Waals surface area contributed by atoms with Crippen LogP contribution in [0.4, 0.5) is 0 Å². The van der Waals surface area contributed by atoms with Crippen LogP contribution in [-0.4, -0.2) is 120 Å². The molecule has 3 rings (SSSR count). The number of rotatable bonds is 17. The first-order valence-corrected chi connectivity index (χ1v) is 14.9. The van der Waals surface area contributed by atoms with Crippen LogP contribution in [0.2, 0.25) is 0 Å². The molecular formula is C29H42BN3O12. The van der Waals surface area contributed by atoms with Gasteiger partial charge in [0.2, 0.25) is 0 Å². The van der Waals surface area contributed by atoms with E-state index in [0.29, 0.717) is 12.8 Å². The maximum absolute atomic E-state index is 13.3. The molecule has 10 atom stereocenters. The molecule has 0 aromatic heterocycles. The second-order valence-corrected chi connectivity index (χ2v) is 10.5. The molecule has 0 bridgehead atoms. The summed E-state index contributed by atoms with van der Waals surface area (Å²) in [6, 6.07) is 7.14. The summed E-state index contributed by atoms with van der Waals surface area (Å²) in [6.07, 6.45) is -8.71. The summed E-state index contributed by atoms with van der Waals surface area (Å²) < 4.78 is 51.7. The van der Waals surface area contributed by atoms with Crippen molar-refractivity contribution in [2.45, 2.75) is 101 Å². The van der Waals surface area contributed by atoms with Gasteiger partial charge in [0.15, 0.2) is 24.8 Å². The molecule has 2 fully saturated rings. The first-order chi connectivity index (χ1) is 21.8. The van der Waals surface area contributed by atoms with Crippen molar-refractivity contribution in [3.8, 4) is 0 Å². The van der Waals surface area contributed by atoms with Crippen molar-refractivity contribution in [3.63, 3.8) is 0 Å². The van der Waals surface area contributed by atoms with Gasteiger partial charge in [0.1, 0.15) is 30.5 Å². The number of methoxy groups -OCH3 is 2. The van der Waals surface area contributed by atoms with Gasteiger partial charge in [-0.05, 0) is 30.5 Å². The van der Waals surface area contributed by atoms with Crippen LogP contribution >= 0.6 is 0 Å². The maximum Gasteiger partial charge on any atom is 0.338 e. The number of carbonyl (C=O) groups is 2. The fraction of sp³-hybridized carbons (Fsp3) is 0.724. The normalized spacial score (nSPS) is 31.5. The van der Waals surface area contributed by atoms with Gasteiger partial charge in [-0.3, -0.25) is 0 Å². The third kappa shape index (κ3) is 9.61. The van der Waals surface area contributed by atoms with Gasteiger partial charge in [-0.1, -0.05) is 50.0 Å². The van der Waals surface area contributed by atoms with Gasteiger partial charge < -0.3 is 47.7 Å². The second-order valence-electron chi connectivity index (χ2n) is 10.5. The van der Waals surface area contributed by atoms with Crippen molar-refractivity contribution in [1.82, 2.24) is 0 Å². The van der Waals surface area contributed by atoms with Gasteiger partial charge in [-0.15, -0.1) is 0 Å². The SMILES string of the molecule is [B]OCC1O[C@H](OC)C(N=[N+]=[N-])C(OCCCC)[C@@H]1O[C@@H]1OC(C(=O)OC)[C@@H](O)C(OCCCC)C1OC(=O)c1ccccc1. The van der Waals surface area contributed by atoms with Crippen LogP contribution in [0.15, 0.2) is 35.4 Å². The van der Waals surface area contributed by atoms with E-state index in [1.54, 1.807) is 30.3 Å². The number of azide groups is 1. The van der Waals surface area contributed by atoms with Crippen molar-refractivity contribution < 1.29 is 57.2 Å². The summed E-state index contributed by atoms with van der Waals surface area (Å²) in [4.78, 5) is 29.0. The molecule has 0 aliphatic carbocycles. The van der Waals surface area contributed by atoms with Gasteiger partial charge in [0.25, 0.3) is 8.05 Å². The fourth-order valence-corrected chi connectivity index (χ4v) is 5.06. The first-order valence-electron chi connectivity index (χ1n) is 14.9. The van der Waals surface area contributed by atoms with Gasteiger partial charge in [-0.2, -0.15) is 0 Å². The molecule has 2 aliphatic heterocycles. The number of aliphatic hydroxyl groups excluding tert-OH is 1. The molecule has 0 amide bonds. The number of aliphatic hydroxyl groups is 1. The quantitative estimate of drug-likeness (QED) is 0.0659. The standard InChI is InChI=1S/C29H42BN3O12/c1-5-7-14-39-22-19(32-33-31)28(38-4)42-18(16-41-30)21(22)44-29-25(43-26(35)17-12-10-9-11-13-17)23(40-15-8-6-2)20(34)24(45-29)27(36)37-3/h9-13,18-25,28-29,34H,5-8,14-16H2,1-4H3/t18?,19?,20-,21+,22?,23?,24?,25?,28-,29+/m0/s1. The summed E-state index contributed by atoms with van der Waals surface area (Å²) in [5.41, 5.74) is 9.58. The average molecular weight is 635 g/mol. The van der Waals surface area contributed by atoms with Crippen molar-refractivity contribution in [1.29, 1.82) is 0 Å². The first kappa shape index (κ1) is 36.7. The Kier molecular flexibility index (Phi) is 15.5. The molecule has 248 valence electrons. The molecule has 45 heavy (non-hydrogen) atoms. The summed E-state index contributed by atoms with van der Waals surface area (Å²) in [5, 5.41) is 15.1. The number of hydrogen-bond donors (Lipinski definition) is 1. The van der Waals surface area contributed by atoms with E-state index in [1.165, 1.54) is 7.11 Å². The smallest absolute Gasteiger partial charge is 0.338 e. The molecule has 15 nitrogen and oxygen atoms in total. The fourth-order valence-electron chi connectivity index (χ4n) is 5.06. The molecule has 2 saturated heterocycles. The Balaban J connectivity index is 2.07. The zero-order chi connectivity index (χ0) is 32.8. The topological polar surface area (TPSA) is 186 Å². The molecular weight excluding hydrogens is 593 g/mol. The Morgan fingerprint density at radius 2 is 1.64 bits per heavy atom. The lowest BCUT2D eigenvalue weighted by Gasteiger charge is -2.48. The van der Waals surface area contributed by atoms with Gasteiger partial charge in [0.05, 0.1) is 25.4 Å². The van der Waals surface area contributed by atoms with Crippen LogP contribution in [0.5, 0.6) is 0 Å². The van der Waals surface area contributed by atoms with Crippen LogP contribution in [0.1, 0.15) is 49.9 Å². The summed E-state index contributed by atoms with van der Waals surface area (Å²) in [6.45, 7) is 4.14. The summed E-state index contributed by atoms with van der Waals surface area (Å²) in [5.74, 6) is -1.66. The van der Waals surface area contributed by atoms with Crippen LogP contribution in [0.3, 0.4) is 0 Å².